The monoisotopic (exact) mass is 240 g/mol. The van der Waals surface area contributed by atoms with Crippen molar-refractivity contribution in [3.8, 4) is 11.5 Å². The van der Waals surface area contributed by atoms with E-state index in [1.54, 1.807) is 7.11 Å². The van der Waals surface area contributed by atoms with E-state index in [0.29, 0.717) is 0 Å². The van der Waals surface area contributed by atoms with E-state index in [-0.39, 0.29) is 6.10 Å². The van der Waals surface area contributed by atoms with Crippen molar-refractivity contribution in [1.29, 1.82) is 0 Å². The first kappa shape index (κ1) is 12.3. The van der Waals surface area contributed by atoms with Gasteiger partial charge >= 0.3 is 0 Å². The van der Waals surface area contributed by atoms with Crippen molar-refractivity contribution in [2.24, 2.45) is 0 Å². The minimum Gasteiger partial charge on any atom is -0.493 e. The highest BCUT2D eigenvalue weighted by Gasteiger charge is 2.11. The Morgan fingerprint density at radius 3 is 2.61 bits per heavy atom. The Labute approximate surface area is 108 Å². The highest BCUT2D eigenvalue weighted by atomic mass is 16.5. The first-order valence-electron chi connectivity index (χ1n) is 5.91. The van der Waals surface area contributed by atoms with Crippen LogP contribution in [0.2, 0.25) is 0 Å². The van der Waals surface area contributed by atoms with Crippen LogP contribution in [0.25, 0.3) is 0 Å². The molecule has 1 unspecified atom stereocenters. The summed E-state index contributed by atoms with van der Waals surface area (Å²) in [5.74, 6) is 1.48. The molecule has 0 radical (unpaired) electrons. The summed E-state index contributed by atoms with van der Waals surface area (Å²) in [4.78, 5) is 0. The molecule has 1 aromatic rings. The number of benzene rings is 1. The molecular weight excluding hydrogens is 224 g/mol. The lowest BCUT2D eigenvalue weighted by Crippen LogP contribution is -2.13. The average molecular weight is 240 g/mol. The van der Waals surface area contributed by atoms with E-state index >= 15 is 0 Å². The molecular formula is C16H16O2. The molecule has 1 aliphatic carbocycles. The van der Waals surface area contributed by atoms with E-state index in [1.165, 1.54) is 0 Å². The quantitative estimate of drug-likeness (QED) is 0.747. The molecule has 1 atom stereocenters. The third-order valence-corrected chi connectivity index (χ3v) is 2.66. The molecule has 0 bridgehead atoms. The van der Waals surface area contributed by atoms with Gasteiger partial charge in [-0.2, -0.15) is 0 Å². The smallest absolute Gasteiger partial charge is 0.162 e. The van der Waals surface area contributed by atoms with Crippen LogP contribution in [0.1, 0.15) is 6.92 Å². The van der Waals surface area contributed by atoms with Gasteiger partial charge in [0.05, 0.1) is 7.11 Å². The zero-order valence-corrected chi connectivity index (χ0v) is 10.6. The summed E-state index contributed by atoms with van der Waals surface area (Å²) in [6.07, 6.45) is 9.70. The van der Waals surface area contributed by atoms with Crippen LogP contribution in [-0.2, 0) is 0 Å². The predicted molar refractivity (Wildman–Crippen MR) is 73.0 cm³/mol. The first-order valence-corrected chi connectivity index (χ1v) is 5.91. The van der Waals surface area contributed by atoms with E-state index in [9.17, 15) is 0 Å². The van der Waals surface area contributed by atoms with Crippen LogP contribution in [-0.4, -0.2) is 13.2 Å². The van der Waals surface area contributed by atoms with Crippen molar-refractivity contribution in [2.45, 2.75) is 13.0 Å². The molecule has 0 heterocycles. The largest absolute Gasteiger partial charge is 0.493 e. The van der Waals surface area contributed by atoms with Crippen molar-refractivity contribution in [2.75, 3.05) is 7.11 Å². The molecule has 2 nitrogen and oxygen atoms in total. The zero-order valence-electron chi connectivity index (χ0n) is 10.6. The van der Waals surface area contributed by atoms with Crippen LogP contribution in [0, 0.1) is 0 Å². The van der Waals surface area contributed by atoms with E-state index in [1.807, 2.05) is 61.6 Å². The average Bonchev–Trinajstić information content (AvgIpc) is 2.68. The summed E-state index contributed by atoms with van der Waals surface area (Å²) in [7, 11) is 1.64. The highest BCUT2D eigenvalue weighted by Crippen LogP contribution is 2.28. The molecule has 0 fully saturated rings. The Morgan fingerprint density at radius 2 is 1.83 bits per heavy atom. The molecule has 0 spiro atoms. The van der Waals surface area contributed by atoms with Crippen LogP contribution in [0.5, 0.6) is 11.5 Å². The second-order valence-electron chi connectivity index (χ2n) is 3.92. The Kier molecular flexibility index (Phi) is 4.06. The van der Waals surface area contributed by atoms with Gasteiger partial charge in [0.1, 0.15) is 6.10 Å². The van der Waals surface area contributed by atoms with Gasteiger partial charge < -0.3 is 9.47 Å². The lowest BCUT2D eigenvalue weighted by molar-refractivity contribution is 0.247. The lowest BCUT2D eigenvalue weighted by Gasteiger charge is -2.16. The number of ether oxygens (including phenoxy) is 2. The lowest BCUT2D eigenvalue weighted by atomic mass is 10.1. The zero-order chi connectivity index (χ0) is 12.8. The summed E-state index contributed by atoms with van der Waals surface area (Å²) in [5.41, 5.74) is 4.20. The van der Waals surface area contributed by atoms with Gasteiger partial charge in [0.2, 0.25) is 0 Å². The summed E-state index contributed by atoms with van der Waals surface area (Å²) in [5, 5.41) is 0. The number of methoxy groups -OCH3 is 1. The molecule has 1 aliphatic rings. The molecule has 2 heteroatoms. The highest BCUT2D eigenvalue weighted by molar-refractivity contribution is 5.40. The third-order valence-electron chi connectivity index (χ3n) is 2.66. The fourth-order valence-corrected chi connectivity index (χ4v) is 1.69. The fourth-order valence-electron chi connectivity index (χ4n) is 1.69. The minimum absolute atomic E-state index is 0.0753. The second kappa shape index (κ2) is 5.95. The van der Waals surface area contributed by atoms with Gasteiger partial charge in [0.15, 0.2) is 11.5 Å². The van der Waals surface area contributed by atoms with E-state index in [0.717, 1.165) is 17.1 Å². The molecule has 0 amide bonds. The van der Waals surface area contributed by atoms with Crippen molar-refractivity contribution < 1.29 is 9.47 Å². The Balaban J connectivity index is 2.16. The third kappa shape index (κ3) is 2.93. The summed E-state index contributed by atoms with van der Waals surface area (Å²) in [6, 6.07) is 7.64. The number of para-hydroxylation sites is 2. The molecule has 0 aliphatic heterocycles. The molecule has 18 heavy (non-hydrogen) atoms. The van der Waals surface area contributed by atoms with Crippen molar-refractivity contribution in [3.63, 3.8) is 0 Å². The first-order chi connectivity index (χ1) is 8.81. The molecule has 0 saturated carbocycles. The molecule has 0 N–H and O–H groups in total. The van der Waals surface area contributed by atoms with Crippen molar-refractivity contribution in [3.05, 3.63) is 65.9 Å². The van der Waals surface area contributed by atoms with Crippen LogP contribution in [0.15, 0.2) is 65.9 Å². The van der Waals surface area contributed by atoms with E-state index in [2.05, 4.69) is 5.73 Å². The van der Waals surface area contributed by atoms with Crippen LogP contribution >= 0.6 is 0 Å². The molecule has 0 aromatic heterocycles. The van der Waals surface area contributed by atoms with E-state index in [4.69, 9.17) is 9.47 Å². The normalized spacial score (nSPS) is 14.9. The van der Waals surface area contributed by atoms with Gasteiger partial charge in [-0.3, -0.25) is 0 Å². The Hall–Kier alpha value is -2.18. The maximum absolute atomic E-state index is 5.91. The van der Waals surface area contributed by atoms with E-state index < -0.39 is 0 Å². The number of hydrogen-bond donors (Lipinski definition) is 0. The van der Waals surface area contributed by atoms with Crippen molar-refractivity contribution >= 4 is 0 Å². The number of hydrogen-bond acceptors (Lipinski definition) is 2. The molecule has 1 aromatic carbocycles. The van der Waals surface area contributed by atoms with Gasteiger partial charge in [-0.15, -0.1) is 5.73 Å². The maximum Gasteiger partial charge on any atom is 0.162 e. The molecule has 2 rings (SSSR count). The van der Waals surface area contributed by atoms with Gasteiger partial charge in [-0.1, -0.05) is 30.4 Å². The van der Waals surface area contributed by atoms with Gasteiger partial charge in [-0.25, -0.2) is 0 Å². The molecule has 92 valence electrons. The topological polar surface area (TPSA) is 18.5 Å². The van der Waals surface area contributed by atoms with Gasteiger partial charge in [0, 0.05) is 5.57 Å². The summed E-state index contributed by atoms with van der Waals surface area (Å²) < 4.78 is 11.2. The van der Waals surface area contributed by atoms with Crippen LogP contribution < -0.4 is 9.47 Å². The van der Waals surface area contributed by atoms with Gasteiger partial charge in [0.25, 0.3) is 0 Å². The summed E-state index contributed by atoms with van der Waals surface area (Å²) in [6.45, 7) is 2.00. The standard InChI is InChI=1S/C16H16O2/c1-13(14-9-5-3-4-6-10-14)18-16-12-8-7-11-15(16)17-2/h3-9,11-13H,1-2H3. The molecule has 0 saturated heterocycles. The minimum atomic E-state index is -0.0753. The Morgan fingerprint density at radius 1 is 1.06 bits per heavy atom. The predicted octanol–water partition coefficient (Wildman–Crippen LogP) is 3.67. The van der Waals surface area contributed by atoms with Crippen LogP contribution in [0.3, 0.4) is 0 Å². The van der Waals surface area contributed by atoms with Crippen molar-refractivity contribution in [1.82, 2.24) is 0 Å². The Bertz CT molecular complexity index is 532. The SMILES string of the molecule is COc1ccccc1OC(C)C1=C=CC=CC=C1. The maximum atomic E-state index is 5.91. The van der Waals surface area contributed by atoms with Crippen LogP contribution in [0.4, 0.5) is 0 Å². The van der Waals surface area contributed by atoms with Gasteiger partial charge in [-0.05, 0) is 31.2 Å². The summed E-state index contributed by atoms with van der Waals surface area (Å²) >= 11 is 0. The fraction of sp³-hybridized carbons (Fsp3) is 0.188. The number of rotatable bonds is 4. The number of allylic oxidation sites excluding steroid dienone is 3. The second-order valence-corrected chi connectivity index (χ2v) is 3.92.